The molecule has 0 bridgehead atoms. The Morgan fingerprint density at radius 1 is 1.30 bits per heavy atom. The van der Waals surface area contributed by atoms with Gasteiger partial charge in [-0.05, 0) is 17.5 Å². The van der Waals surface area contributed by atoms with Gasteiger partial charge in [0.05, 0.1) is 0 Å². The summed E-state index contributed by atoms with van der Waals surface area (Å²) in [6.07, 6.45) is 1.38. The molecule has 1 aromatic carbocycles. The number of fused-ring (bicyclic) bond motifs is 1. The van der Waals surface area contributed by atoms with Crippen molar-refractivity contribution in [2.45, 2.75) is 4.90 Å². The molecular formula is C8H9PS. The first-order valence-corrected chi connectivity index (χ1v) is 5.62. The third-order valence-corrected chi connectivity index (χ3v) is 4.50. The van der Waals surface area contributed by atoms with Crippen LogP contribution in [0.15, 0.2) is 29.2 Å². The second-order valence-electron chi connectivity index (χ2n) is 2.27. The minimum atomic E-state index is 1.05. The summed E-state index contributed by atoms with van der Waals surface area (Å²) < 4.78 is 0. The van der Waals surface area contributed by atoms with Gasteiger partial charge in [0.2, 0.25) is 0 Å². The van der Waals surface area contributed by atoms with Gasteiger partial charge in [-0.25, -0.2) is 0 Å². The van der Waals surface area contributed by atoms with Crippen LogP contribution in [0, 0.1) is 0 Å². The second-order valence-corrected chi connectivity index (χ2v) is 4.80. The molecule has 1 atom stereocenters. The zero-order chi connectivity index (χ0) is 6.81. The van der Waals surface area contributed by atoms with E-state index in [1.54, 1.807) is 5.30 Å². The predicted octanol–water partition coefficient (Wildman–Crippen LogP) is 2.10. The van der Waals surface area contributed by atoms with E-state index in [0.29, 0.717) is 0 Å². The standard InChI is InChI=1S/C8H9PS/c1-2-4-8-7(3-1)9-5-6-10-8/h1-4,9H,5-6H2. The Morgan fingerprint density at radius 3 is 3.10 bits per heavy atom. The molecule has 1 aliphatic heterocycles. The Bertz CT molecular complexity index is 209. The van der Waals surface area contributed by atoms with Crippen molar-refractivity contribution < 1.29 is 0 Å². The molecule has 0 aliphatic carbocycles. The molecule has 1 heterocycles. The number of thioether (sulfide) groups is 1. The molecule has 0 nitrogen and oxygen atoms in total. The van der Waals surface area contributed by atoms with E-state index in [4.69, 9.17) is 0 Å². The minimum absolute atomic E-state index is 1.05. The highest BCUT2D eigenvalue weighted by Gasteiger charge is 2.06. The molecule has 0 fully saturated rings. The quantitative estimate of drug-likeness (QED) is 0.534. The minimum Gasteiger partial charge on any atom is -0.125 e. The molecule has 52 valence electrons. The molecule has 0 saturated carbocycles. The van der Waals surface area contributed by atoms with Crippen LogP contribution in [0.4, 0.5) is 0 Å². The van der Waals surface area contributed by atoms with Crippen molar-refractivity contribution in [3.8, 4) is 0 Å². The summed E-state index contributed by atoms with van der Waals surface area (Å²) in [5.41, 5.74) is 0. The SMILES string of the molecule is c1ccc2c(c1)PCCS2. The van der Waals surface area contributed by atoms with Gasteiger partial charge in [0.25, 0.3) is 0 Å². The van der Waals surface area contributed by atoms with E-state index in [0.717, 1.165) is 8.58 Å². The van der Waals surface area contributed by atoms with E-state index in [1.165, 1.54) is 16.8 Å². The smallest absolute Gasteiger partial charge is 0.0146 e. The monoisotopic (exact) mass is 168 g/mol. The Labute approximate surface area is 67.2 Å². The third-order valence-electron chi connectivity index (χ3n) is 1.56. The molecule has 2 rings (SSSR count). The van der Waals surface area contributed by atoms with Gasteiger partial charge in [0.1, 0.15) is 0 Å². The normalized spacial score (nSPS) is 18.8. The van der Waals surface area contributed by atoms with Crippen molar-refractivity contribution in [3.05, 3.63) is 24.3 Å². The molecular weight excluding hydrogens is 159 g/mol. The molecule has 1 aliphatic rings. The summed E-state index contributed by atoms with van der Waals surface area (Å²) in [4.78, 5) is 1.51. The average molecular weight is 168 g/mol. The van der Waals surface area contributed by atoms with Crippen molar-refractivity contribution in [3.63, 3.8) is 0 Å². The highest BCUT2D eigenvalue weighted by Crippen LogP contribution is 2.28. The second kappa shape index (κ2) is 2.94. The molecule has 2 heteroatoms. The lowest BCUT2D eigenvalue weighted by Crippen LogP contribution is -2.05. The molecule has 0 radical (unpaired) electrons. The Morgan fingerprint density at radius 2 is 2.20 bits per heavy atom. The van der Waals surface area contributed by atoms with Crippen LogP contribution in [0.5, 0.6) is 0 Å². The van der Waals surface area contributed by atoms with Gasteiger partial charge in [0.15, 0.2) is 0 Å². The van der Waals surface area contributed by atoms with Crippen LogP contribution < -0.4 is 5.30 Å². The summed E-state index contributed by atoms with van der Waals surface area (Å²) in [7, 11) is 1.05. The molecule has 1 unspecified atom stereocenters. The lowest BCUT2D eigenvalue weighted by Gasteiger charge is -2.13. The van der Waals surface area contributed by atoms with E-state index < -0.39 is 0 Å². The summed E-state index contributed by atoms with van der Waals surface area (Å²) in [6.45, 7) is 0. The van der Waals surface area contributed by atoms with Crippen LogP contribution in [-0.2, 0) is 0 Å². The van der Waals surface area contributed by atoms with Gasteiger partial charge in [-0.3, -0.25) is 0 Å². The third kappa shape index (κ3) is 1.21. The van der Waals surface area contributed by atoms with Crippen molar-refractivity contribution >= 4 is 25.6 Å². The van der Waals surface area contributed by atoms with E-state index in [-0.39, 0.29) is 0 Å². The number of hydrogen-bond donors (Lipinski definition) is 0. The van der Waals surface area contributed by atoms with Gasteiger partial charge >= 0.3 is 0 Å². The fourth-order valence-corrected chi connectivity index (χ4v) is 3.69. The largest absolute Gasteiger partial charge is 0.125 e. The van der Waals surface area contributed by atoms with E-state index in [1.807, 2.05) is 11.8 Å². The first-order valence-electron chi connectivity index (χ1n) is 3.42. The first-order chi connectivity index (χ1) is 4.97. The van der Waals surface area contributed by atoms with E-state index in [9.17, 15) is 0 Å². The van der Waals surface area contributed by atoms with Gasteiger partial charge in [-0.2, -0.15) is 0 Å². The molecule has 0 saturated heterocycles. The number of rotatable bonds is 0. The fourth-order valence-electron chi connectivity index (χ4n) is 1.09. The van der Waals surface area contributed by atoms with Gasteiger partial charge in [0, 0.05) is 10.6 Å². The van der Waals surface area contributed by atoms with Crippen molar-refractivity contribution in [2.24, 2.45) is 0 Å². The van der Waals surface area contributed by atoms with Crippen molar-refractivity contribution in [1.82, 2.24) is 0 Å². The highest BCUT2D eigenvalue weighted by atomic mass is 32.2. The van der Waals surface area contributed by atoms with E-state index in [2.05, 4.69) is 24.3 Å². The molecule has 10 heavy (non-hydrogen) atoms. The highest BCUT2D eigenvalue weighted by molar-refractivity contribution is 8.00. The first kappa shape index (κ1) is 6.69. The van der Waals surface area contributed by atoms with Crippen LogP contribution in [0.1, 0.15) is 0 Å². The summed E-state index contributed by atoms with van der Waals surface area (Å²) in [5, 5.41) is 1.57. The van der Waals surface area contributed by atoms with Gasteiger partial charge in [-0.15, -0.1) is 11.8 Å². The molecule has 0 aromatic heterocycles. The Kier molecular flexibility index (Phi) is 1.97. The molecule has 0 N–H and O–H groups in total. The zero-order valence-electron chi connectivity index (χ0n) is 5.63. The lowest BCUT2D eigenvalue weighted by atomic mass is 10.4. The van der Waals surface area contributed by atoms with Gasteiger partial charge < -0.3 is 0 Å². The van der Waals surface area contributed by atoms with Crippen LogP contribution in [0.2, 0.25) is 0 Å². The van der Waals surface area contributed by atoms with Crippen LogP contribution in [-0.4, -0.2) is 11.9 Å². The van der Waals surface area contributed by atoms with Crippen LogP contribution in [0.3, 0.4) is 0 Å². The van der Waals surface area contributed by atoms with E-state index >= 15 is 0 Å². The number of hydrogen-bond acceptors (Lipinski definition) is 1. The summed E-state index contributed by atoms with van der Waals surface area (Å²) >= 11 is 2.00. The zero-order valence-corrected chi connectivity index (χ0v) is 7.45. The summed E-state index contributed by atoms with van der Waals surface area (Å²) in [5.74, 6) is 1.31. The topological polar surface area (TPSA) is 0 Å². The fraction of sp³-hybridized carbons (Fsp3) is 0.250. The summed E-state index contributed by atoms with van der Waals surface area (Å²) in [6, 6.07) is 8.74. The van der Waals surface area contributed by atoms with Crippen molar-refractivity contribution in [2.75, 3.05) is 11.9 Å². The maximum atomic E-state index is 2.25. The Hall–Kier alpha value is -0.0000000000000000555. The number of benzene rings is 1. The van der Waals surface area contributed by atoms with Crippen molar-refractivity contribution in [1.29, 1.82) is 0 Å². The van der Waals surface area contributed by atoms with Crippen LogP contribution >= 0.6 is 20.3 Å². The lowest BCUT2D eigenvalue weighted by molar-refractivity contribution is 1.44. The molecule has 0 amide bonds. The maximum Gasteiger partial charge on any atom is 0.0146 e. The maximum absolute atomic E-state index is 2.25. The molecule has 0 spiro atoms. The average Bonchev–Trinajstić information content (AvgIpc) is 2.05. The van der Waals surface area contributed by atoms with Gasteiger partial charge in [-0.1, -0.05) is 26.8 Å². The Balaban J connectivity index is 2.41. The predicted molar refractivity (Wildman–Crippen MR) is 50.0 cm³/mol. The van der Waals surface area contributed by atoms with Crippen LogP contribution in [0.25, 0.3) is 0 Å². The molecule has 1 aromatic rings.